The predicted octanol–water partition coefficient (Wildman–Crippen LogP) is 4.47. The number of Topliss-reactive ketones (excluding diaryl/α,β-unsaturated/α-hetero) is 1. The van der Waals surface area contributed by atoms with Crippen LogP contribution in [0.4, 0.5) is 0 Å². The number of carbonyl (C=O) groups is 3. The summed E-state index contributed by atoms with van der Waals surface area (Å²) in [6, 6.07) is 5.14. The summed E-state index contributed by atoms with van der Waals surface area (Å²) in [5.74, 6) is -0.244. The topological polar surface area (TPSA) is 72.5 Å². The summed E-state index contributed by atoms with van der Waals surface area (Å²) in [7, 11) is 0. The number of piperidine rings is 1. The summed E-state index contributed by atoms with van der Waals surface area (Å²) in [5, 5.41) is 2.58. The Morgan fingerprint density at radius 2 is 1.89 bits per heavy atom. The molecule has 1 heterocycles. The first-order chi connectivity index (χ1) is 13.5. The Morgan fingerprint density at radius 1 is 1.11 bits per heavy atom. The highest BCUT2D eigenvalue weighted by atomic mass is 35.5. The first kappa shape index (κ1) is 20.6. The minimum Gasteiger partial charge on any atom is -0.492 e. The Labute approximate surface area is 170 Å². The molecule has 1 N–H and O–H groups in total. The largest absolute Gasteiger partial charge is 0.492 e. The van der Waals surface area contributed by atoms with E-state index in [9.17, 15) is 14.4 Å². The van der Waals surface area contributed by atoms with E-state index >= 15 is 0 Å². The molecule has 0 radical (unpaired) electrons. The van der Waals surface area contributed by atoms with Gasteiger partial charge in [0, 0.05) is 0 Å². The Bertz CT molecular complexity index is 759. The molecular formula is C22H26ClNO4. The van der Waals surface area contributed by atoms with Crippen LogP contribution in [0.1, 0.15) is 63.4 Å². The molecule has 28 heavy (non-hydrogen) atoms. The van der Waals surface area contributed by atoms with Gasteiger partial charge in [0.2, 0.25) is 5.91 Å². The first-order valence-corrected chi connectivity index (χ1v) is 10.4. The van der Waals surface area contributed by atoms with Crippen LogP contribution in [0.5, 0.6) is 5.75 Å². The maximum absolute atomic E-state index is 11.9. The van der Waals surface area contributed by atoms with E-state index in [-0.39, 0.29) is 12.0 Å². The van der Waals surface area contributed by atoms with Crippen molar-refractivity contribution in [2.75, 3.05) is 6.61 Å². The molecule has 2 fully saturated rings. The van der Waals surface area contributed by atoms with Gasteiger partial charge in [-0.2, -0.15) is 0 Å². The van der Waals surface area contributed by atoms with E-state index in [1.165, 1.54) is 51.0 Å². The van der Waals surface area contributed by atoms with E-state index in [0.29, 0.717) is 22.9 Å². The minimum absolute atomic E-state index is 0.0351. The van der Waals surface area contributed by atoms with Gasteiger partial charge in [-0.25, -0.2) is 0 Å². The number of carbonyl (C=O) groups excluding carboxylic acids is 3. The normalized spacial score (nSPS) is 19.8. The summed E-state index contributed by atoms with van der Waals surface area (Å²) in [4.78, 5) is 34.9. The standard InChI is InChI=1S/C22H26ClNO4/c23-18-13-16(12-17-19(25)14-21(26)24-22(17)27)9-10-20(18)28-11-5-4-8-15-6-2-1-3-7-15/h9-10,12-13,15H,1-8,11,14H2,(H,24,26,27)/b17-12+. The van der Waals surface area contributed by atoms with Crippen LogP contribution in [0, 0.1) is 5.92 Å². The lowest BCUT2D eigenvalue weighted by atomic mass is 9.86. The summed E-state index contributed by atoms with van der Waals surface area (Å²) >= 11 is 6.28. The smallest absolute Gasteiger partial charge is 0.261 e. The number of hydrogen-bond acceptors (Lipinski definition) is 4. The summed E-state index contributed by atoms with van der Waals surface area (Å²) in [6.45, 7) is 0.621. The van der Waals surface area contributed by atoms with Gasteiger partial charge >= 0.3 is 0 Å². The van der Waals surface area contributed by atoms with Crippen molar-refractivity contribution in [2.24, 2.45) is 5.92 Å². The zero-order valence-electron chi connectivity index (χ0n) is 16.0. The number of amides is 2. The molecule has 0 spiro atoms. The molecule has 1 aliphatic carbocycles. The number of nitrogens with one attached hydrogen (secondary N) is 1. The summed E-state index contributed by atoms with van der Waals surface area (Å²) in [5.41, 5.74) is 0.578. The third-order valence-electron chi connectivity index (χ3n) is 5.38. The number of imide groups is 1. The molecule has 1 aromatic rings. The van der Waals surface area contributed by atoms with Crippen molar-refractivity contribution in [3.8, 4) is 5.75 Å². The molecule has 0 atom stereocenters. The lowest BCUT2D eigenvalue weighted by Crippen LogP contribution is -2.40. The van der Waals surface area contributed by atoms with E-state index in [4.69, 9.17) is 16.3 Å². The van der Waals surface area contributed by atoms with Gasteiger partial charge in [-0.15, -0.1) is 0 Å². The van der Waals surface area contributed by atoms with Crippen LogP contribution in [-0.2, 0) is 14.4 Å². The van der Waals surface area contributed by atoms with E-state index in [2.05, 4.69) is 5.32 Å². The second-order valence-electron chi connectivity index (χ2n) is 7.57. The van der Waals surface area contributed by atoms with Crippen LogP contribution in [0.25, 0.3) is 6.08 Å². The number of benzene rings is 1. The molecule has 0 unspecified atom stereocenters. The van der Waals surface area contributed by atoms with Crippen LogP contribution in [0.3, 0.4) is 0 Å². The third-order valence-corrected chi connectivity index (χ3v) is 5.67. The van der Waals surface area contributed by atoms with Crippen molar-refractivity contribution in [3.63, 3.8) is 0 Å². The van der Waals surface area contributed by atoms with Crippen LogP contribution < -0.4 is 10.1 Å². The van der Waals surface area contributed by atoms with Crippen molar-refractivity contribution < 1.29 is 19.1 Å². The average Bonchev–Trinajstić information content (AvgIpc) is 2.66. The Kier molecular flexibility index (Phi) is 7.26. The van der Waals surface area contributed by atoms with E-state index in [0.717, 1.165) is 12.3 Å². The molecule has 6 heteroatoms. The van der Waals surface area contributed by atoms with Crippen molar-refractivity contribution in [2.45, 2.75) is 57.8 Å². The molecule has 5 nitrogen and oxygen atoms in total. The average molecular weight is 404 g/mol. The molecule has 0 aromatic heterocycles. The number of ether oxygens (including phenoxy) is 1. The van der Waals surface area contributed by atoms with Crippen molar-refractivity contribution in [1.82, 2.24) is 5.32 Å². The number of hydrogen-bond donors (Lipinski definition) is 1. The fraction of sp³-hybridized carbons (Fsp3) is 0.500. The second-order valence-corrected chi connectivity index (χ2v) is 7.98. The molecule has 1 saturated carbocycles. The van der Waals surface area contributed by atoms with Crippen molar-refractivity contribution in [3.05, 3.63) is 34.4 Å². The van der Waals surface area contributed by atoms with Crippen LogP contribution >= 0.6 is 11.6 Å². The van der Waals surface area contributed by atoms with Gasteiger partial charge in [0.15, 0.2) is 5.78 Å². The highest BCUT2D eigenvalue weighted by Gasteiger charge is 2.28. The van der Waals surface area contributed by atoms with Crippen molar-refractivity contribution >= 4 is 35.3 Å². The van der Waals surface area contributed by atoms with Crippen LogP contribution in [0.15, 0.2) is 23.8 Å². The Hall–Kier alpha value is -2.14. The van der Waals surface area contributed by atoms with Gasteiger partial charge in [-0.3, -0.25) is 19.7 Å². The Balaban J connectivity index is 1.49. The Morgan fingerprint density at radius 3 is 2.61 bits per heavy atom. The fourth-order valence-electron chi connectivity index (χ4n) is 3.84. The molecule has 1 saturated heterocycles. The van der Waals surface area contributed by atoms with Gasteiger partial charge in [0.05, 0.1) is 23.6 Å². The highest BCUT2D eigenvalue weighted by Crippen LogP contribution is 2.29. The zero-order valence-corrected chi connectivity index (χ0v) is 16.7. The number of unbranched alkanes of at least 4 members (excludes halogenated alkanes) is 1. The number of rotatable bonds is 7. The highest BCUT2D eigenvalue weighted by molar-refractivity contribution is 6.33. The van der Waals surface area contributed by atoms with Gasteiger partial charge in [-0.05, 0) is 42.5 Å². The molecule has 2 aliphatic rings. The number of halogens is 1. The van der Waals surface area contributed by atoms with E-state index in [1.807, 2.05) is 0 Å². The molecule has 150 valence electrons. The predicted molar refractivity (Wildman–Crippen MR) is 108 cm³/mol. The minimum atomic E-state index is -0.671. The second kappa shape index (κ2) is 9.87. The third kappa shape index (κ3) is 5.68. The molecule has 2 amide bonds. The number of ketones is 1. The van der Waals surface area contributed by atoms with Gasteiger partial charge in [0.25, 0.3) is 5.91 Å². The SMILES string of the molecule is O=C1CC(=O)/C(=C\c2ccc(OCCCCC3CCCCC3)c(Cl)c2)C(=O)N1. The van der Waals surface area contributed by atoms with Gasteiger partial charge in [-0.1, -0.05) is 56.2 Å². The summed E-state index contributed by atoms with van der Waals surface area (Å²) in [6.07, 6.45) is 11.5. The van der Waals surface area contributed by atoms with Crippen molar-refractivity contribution in [1.29, 1.82) is 0 Å². The van der Waals surface area contributed by atoms with Gasteiger partial charge in [0.1, 0.15) is 5.75 Å². The molecule has 0 bridgehead atoms. The monoisotopic (exact) mass is 403 g/mol. The lowest BCUT2D eigenvalue weighted by Gasteiger charge is -2.21. The van der Waals surface area contributed by atoms with E-state index < -0.39 is 17.6 Å². The van der Waals surface area contributed by atoms with Crippen LogP contribution in [-0.4, -0.2) is 24.2 Å². The quantitative estimate of drug-likeness (QED) is 0.240. The molecule has 3 rings (SSSR count). The lowest BCUT2D eigenvalue weighted by molar-refractivity contribution is -0.134. The van der Waals surface area contributed by atoms with Gasteiger partial charge < -0.3 is 4.74 Å². The molecule has 1 aromatic carbocycles. The zero-order chi connectivity index (χ0) is 19.9. The molecule has 1 aliphatic heterocycles. The maximum Gasteiger partial charge on any atom is 0.261 e. The van der Waals surface area contributed by atoms with Crippen LogP contribution in [0.2, 0.25) is 5.02 Å². The molecular weight excluding hydrogens is 378 g/mol. The van der Waals surface area contributed by atoms with E-state index in [1.54, 1.807) is 18.2 Å². The maximum atomic E-state index is 11.9. The summed E-state index contributed by atoms with van der Waals surface area (Å²) < 4.78 is 5.78. The fourth-order valence-corrected chi connectivity index (χ4v) is 4.08. The first-order valence-electron chi connectivity index (χ1n) is 10.0.